The van der Waals surface area contributed by atoms with Gasteiger partial charge in [0.1, 0.15) is 21.5 Å². The molecule has 0 saturated carbocycles. The van der Waals surface area contributed by atoms with Gasteiger partial charge in [-0.25, -0.2) is 17.2 Å². The van der Waals surface area contributed by atoms with Gasteiger partial charge in [0.05, 0.1) is 30.0 Å². The summed E-state index contributed by atoms with van der Waals surface area (Å²) in [6.45, 7) is 3.28. The topological polar surface area (TPSA) is 84.7 Å². The van der Waals surface area contributed by atoms with E-state index in [4.69, 9.17) is 4.74 Å². The van der Waals surface area contributed by atoms with Crippen molar-refractivity contribution in [2.45, 2.75) is 62.9 Å². The zero-order valence-electron chi connectivity index (χ0n) is 18.8. The van der Waals surface area contributed by atoms with Crippen molar-refractivity contribution >= 4 is 21.2 Å². The summed E-state index contributed by atoms with van der Waals surface area (Å²) in [6, 6.07) is 0.973. The minimum atomic E-state index is -4.29. The molecule has 1 spiro atoms. The lowest BCUT2D eigenvalue weighted by Crippen LogP contribution is -2.50. The van der Waals surface area contributed by atoms with Gasteiger partial charge in [0.2, 0.25) is 0 Å². The van der Waals surface area contributed by atoms with Crippen molar-refractivity contribution in [2.24, 2.45) is 0 Å². The molecule has 0 bridgehead atoms. The Labute approximate surface area is 199 Å². The second kappa shape index (κ2) is 9.16. The quantitative estimate of drug-likeness (QED) is 0.559. The average molecular weight is 526 g/mol. The van der Waals surface area contributed by atoms with E-state index in [1.165, 1.54) is 6.26 Å². The van der Waals surface area contributed by atoms with Gasteiger partial charge in [0.25, 0.3) is 0 Å². The van der Waals surface area contributed by atoms with Crippen molar-refractivity contribution in [3.8, 4) is 0 Å². The minimum absolute atomic E-state index is 0.00428. The highest BCUT2D eigenvalue weighted by molar-refractivity contribution is 7.90. The molecule has 2 aromatic rings. The summed E-state index contributed by atoms with van der Waals surface area (Å²) >= 11 is 0.602. The molecule has 7 nitrogen and oxygen atoms in total. The van der Waals surface area contributed by atoms with E-state index in [1.54, 1.807) is 17.1 Å². The van der Waals surface area contributed by atoms with Crippen LogP contribution in [0.2, 0.25) is 0 Å². The minimum Gasteiger partial charge on any atom is -0.386 e. The van der Waals surface area contributed by atoms with Crippen LogP contribution in [0.5, 0.6) is 0 Å². The van der Waals surface area contributed by atoms with E-state index in [2.05, 4.69) is 10.00 Å². The number of likely N-dealkylation sites (tertiary alicyclic amines) is 1. The molecule has 0 aliphatic carbocycles. The lowest BCUT2D eigenvalue weighted by atomic mass is 9.81. The first-order chi connectivity index (χ1) is 15.8. The highest BCUT2D eigenvalue weighted by Gasteiger charge is 2.50. The third-order valence-corrected chi connectivity index (χ3v) is 8.81. The number of hydrogen-bond donors (Lipinski definition) is 1. The normalized spacial score (nSPS) is 26.4. The Hall–Kier alpha value is -1.54. The molecule has 1 saturated heterocycles. The van der Waals surface area contributed by atoms with Crippen LogP contribution < -0.4 is 0 Å². The number of aliphatic hydroxyl groups excluding tert-OH is 1. The fraction of sp³-hybridized carbons (Fsp3) is 0.667. The van der Waals surface area contributed by atoms with Crippen molar-refractivity contribution in [2.75, 3.05) is 25.2 Å². The maximum atomic E-state index is 14.0. The van der Waals surface area contributed by atoms with Gasteiger partial charge in [-0.2, -0.15) is 13.9 Å². The van der Waals surface area contributed by atoms with Gasteiger partial charge in [-0.3, -0.25) is 9.58 Å². The molecule has 0 radical (unpaired) electrons. The number of aliphatic hydroxyl groups is 1. The van der Waals surface area contributed by atoms with Crippen LogP contribution in [0.3, 0.4) is 0 Å². The van der Waals surface area contributed by atoms with Gasteiger partial charge in [-0.05, 0) is 25.8 Å². The van der Waals surface area contributed by atoms with Gasteiger partial charge in [0.15, 0.2) is 0 Å². The largest absolute Gasteiger partial charge is 0.386 e. The van der Waals surface area contributed by atoms with Gasteiger partial charge < -0.3 is 9.84 Å². The summed E-state index contributed by atoms with van der Waals surface area (Å²) in [5.41, 5.74) is 0.247. The van der Waals surface area contributed by atoms with E-state index in [1.807, 2.05) is 6.92 Å². The molecule has 13 heteroatoms. The second-order valence-corrected chi connectivity index (χ2v) is 12.5. The van der Waals surface area contributed by atoms with Crippen molar-refractivity contribution in [1.29, 1.82) is 0 Å². The van der Waals surface area contributed by atoms with Crippen LogP contribution in [0.4, 0.5) is 17.6 Å². The molecule has 34 heavy (non-hydrogen) atoms. The van der Waals surface area contributed by atoms with Crippen LogP contribution in [0.15, 0.2) is 18.5 Å². The van der Waals surface area contributed by atoms with Gasteiger partial charge in [0, 0.05) is 47.6 Å². The van der Waals surface area contributed by atoms with E-state index in [9.17, 15) is 31.1 Å². The Morgan fingerprint density at radius 2 is 2.15 bits per heavy atom. The number of thiophene rings is 1. The van der Waals surface area contributed by atoms with Gasteiger partial charge in [-0.1, -0.05) is 0 Å². The lowest BCUT2D eigenvalue weighted by Gasteiger charge is -2.47. The number of piperidine rings is 1. The molecular formula is C21H27F4N3O4S2. The molecule has 0 aromatic carbocycles. The Balaban J connectivity index is 1.49. The molecular weight excluding hydrogens is 498 g/mol. The highest BCUT2D eigenvalue weighted by Crippen LogP contribution is 2.52. The molecule has 4 heterocycles. The molecule has 3 unspecified atom stereocenters. The Morgan fingerprint density at radius 1 is 1.41 bits per heavy atom. The van der Waals surface area contributed by atoms with E-state index >= 15 is 0 Å². The van der Waals surface area contributed by atoms with Crippen molar-refractivity contribution in [3.05, 3.63) is 39.3 Å². The number of alkyl halides is 4. The van der Waals surface area contributed by atoms with E-state index in [-0.39, 0.29) is 30.5 Å². The summed E-state index contributed by atoms with van der Waals surface area (Å²) in [7, 11) is -3.10. The summed E-state index contributed by atoms with van der Waals surface area (Å²) in [4.78, 5) is 1.83. The number of aromatic nitrogens is 2. The number of fused-ring (bicyclic) bond motifs is 2. The molecule has 2 aliphatic heterocycles. The van der Waals surface area contributed by atoms with Crippen LogP contribution in [0, 0.1) is 0 Å². The number of hydrogen-bond acceptors (Lipinski definition) is 7. The standard InChI is InChI=1S/C21H27F4N3O4S2/c1-13-8-20(3-4-27(13)10-14-9-26-28(11-14)5-6-34(2,30)31)18-15(16(29)12-32-20)7-17(33-18)21(24,25)19(22)23/h7,9,11,13,16,19,29H,3-6,8,10,12H2,1-2H3. The summed E-state index contributed by atoms with van der Waals surface area (Å²) in [5, 5.41) is 14.5. The molecule has 2 aromatic heterocycles. The SMILES string of the molecule is CC1CC2(CCN1Cc1cnn(CCS(C)(=O)=O)c1)OCC(O)c1cc(C(F)(F)C(F)F)sc12. The predicted octanol–water partition coefficient (Wildman–Crippen LogP) is 3.29. The first-order valence-corrected chi connectivity index (χ1v) is 13.7. The highest BCUT2D eigenvalue weighted by atomic mass is 32.2. The molecule has 2 aliphatic rings. The molecule has 3 atom stereocenters. The molecule has 0 amide bonds. The number of ether oxygens (including phenoxy) is 1. The lowest BCUT2D eigenvalue weighted by molar-refractivity contribution is -0.139. The molecule has 1 fully saturated rings. The summed E-state index contributed by atoms with van der Waals surface area (Å²) in [5.74, 6) is -4.29. The molecule has 190 valence electrons. The number of sulfone groups is 1. The Bertz CT molecular complexity index is 1140. The van der Waals surface area contributed by atoms with Crippen LogP contribution in [0.1, 0.15) is 46.8 Å². The Morgan fingerprint density at radius 3 is 2.79 bits per heavy atom. The molecule has 1 N–H and O–H groups in total. The maximum Gasteiger partial charge on any atom is 0.341 e. The smallest absolute Gasteiger partial charge is 0.341 e. The number of rotatable bonds is 7. The average Bonchev–Trinajstić information content (AvgIpc) is 3.39. The van der Waals surface area contributed by atoms with Crippen molar-refractivity contribution in [1.82, 2.24) is 14.7 Å². The van der Waals surface area contributed by atoms with Gasteiger partial charge >= 0.3 is 12.3 Å². The first-order valence-electron chi connectivity index (χ1n) is 10.9. The number of halogens is 4. The van der Waals surface area contributed by atoms with Crippen molar-refractivity contribution in [3.63, 3.8) is 0 Å². The number of nitrogens with zero attached hydrogens (tertiary/aromatic N) is 3. The van der Waals surface area contributed by atoms with Crippen LogP contribution >= 0.6 is 11.3 Å². The zero-order valence-corrected chi connectivity index (χ0v) is 20.4. The predicted molar refractivity (Wildman–Crippen MR) is 118 cm³/mol. The maximum absolute atomic E-state index is 14.0. The van der Waals surface area contributed by atoms with E-state index in [0.717, 1.165) is 11.6 Å². The van der Waals surface area contributed by atoms with Crippen LogP contribution in [-0.4, -0.2) is 65.8 Å². The Kier molecular flexibility index (Phi) is 6.88. The second-order valence-electron chi connectivity index (χ2n) is 9.16. The fourth-order valence-corrected chi connectivity index (χ4v) is 6.50. The third kappa shape index (κ3) is 5.03. The third-order valence-electron chi connectivity index (χ3n) is 6.47. The number of aryl methyl sites for hydroxylation is 1. The summed E-state index contributed by atoms with van der Waals surface area (Å²) in [6.07, 6.45) is 0.598. The van der Waals surface area contributed by atoms with Crippen LogP contribution in [0.25, 0.3) is 0 Å². The monoisotopic (exact) mass is 525 g/mol. The molecule has 4 rings (SSSR count). The zero-order chi connectivity index (χ0) is 24.9. The fourth-order valence-electron chi connectivity index (χ4n) is 4.60. The first kappa shape index (κ1) is 25.5. The van der Waals surface area contributed by atoms with Crippen molar-refractivity contribution < 1.29 is 35.8 Å². The van der Waals surface area contributed by atoms with E-state index in [0.29, 0.717) is 42.1 Å². The van der Waals surface area contributed by atoms with Crippen LogP contribution in [-0.2, 0) is 39.2 Å². The summed E-state index contributed by atoms with van der Waals surface area (Å²) < 4.78 is 84.3. The van der Waals surface area contributed by atoms with Gasteiger partial charge in [-0.15, -0.1) is 11.3 Å². The van der Waals surface area contributed by atoms with E-state index < -0.39 is 38.8 Å².